The van der Waals surface area contributed by atoms with Crippen molar-refractivity contribution >= 4 is 34.3 Å². The molecule has 1 N–H and O–H groups in total. The lowest BCUT2D eigenvalue weighted by atomic mass is 10.1. The molecule has 3 heterocycles. The number of ether oxygens (including phenoxy) is 1. The largest absolute Gasteiger partial charge is 0.378 e. The third-order valence-corrected chi connectivity index (χ3v) is 4.62. The average molecular weight is 337 g/mol. The number of thiol groups is 1. The maximum atomic E-state index is 5.43. The van der Waals surface area contributed by atoms with Crippen LogP contribution >= 0.6 is 12.6 Å². The number of anilines is 1. The summed E-state index contributed by atoms with van der Waals surface area (Å²) in [5.41, 5.74) is 4.17. The van der Waals surface area contributed by atoms with Gasteiger partial charge in [0.1, 0.15) is 5.82 Å². The second-order valence-electron chi connectivity index (χ2n) is 5.89. The number of nitrogens with zero attached hydrogens (tertiary/aromatic N) is 2. The van der Waals surface area contributed by atoms with Gasteiger partial charge in [0.2, 0.25) is 0 Å². The van der Waals surface area contributed by atoms with E-state index in [1.54, 1.807) is 0 Å². The molecule has 122 valence electrons. The summed E-state index contributed by atoms with van der Waals surface area (Å²) in [6, 6.07) is 12.4. The summed E-state index contributed by atoms with van der Waals surface area (Å²) >= 11 is 4.36. The fourth-order valence-corrected chi connectivity index (χ4v) is 3.19. The summed E-state index contributed by atoms with van der Waals surface area (Å²) < 4.78 is 5.43. The van der Waals surface area contributed by atoms with Crippen molar-refractivity contribution in [3.8, 4) is 11.3 Å². The van der Waals surface area contributed by atoms with E-state index in [0.717, 1.165) is 64.8 Å². The number of hydrogen-bond acceptors (Lipinski definition) is 4. The monoisotopic (exact) mass is 337 g/mol. The van der Waals surface area contributed by atoms with E-state index < -0.39 is 0 Å². The Hall–Kier alpha value is -2.24. The molecule has 0 saturated carbocycles. The molecule has 1 aromatic carbocycles. The van der Waals surface area contributed by atoms with Crippen LogP contribution in [0.25, 0.3) is 27.1 Å². The molecule has 0 unspecified atom stereocenters. The Labute approximate surface area is 146 Å². The van der Waals surface area contributed by atoms with Crippen LogP contribution in [-0.2, 0) is 4.74 Å². The van der Waals surface area contributed by atoms with E-state index in [9.17, 15) is 0 Å². The average Bonchev–Trinajstić information content (AvgIpc) is 3.05. The highest BCUT2D eigenvalue weighted by Crippen LogP contribution is 2.31. The van der Waals surface area contributed by atoms with Crippen molar-refractivity contribution in [2.24, 2.45) is 0 Å². The van der Waals surface area contributed by atoms with Crippen molar-refractivity contribution in [1.82, 2.24) is 9.97 Å². The normalized spacial score (nSPS) is 15.0. The number of aromatic amines is 1. The van der Waals surface area contributed by atoms with Crippen molar-refractivity contribution in [2.75, 3.05) is 31.2 Å². The molecule has 0 radical (unpaired) electrons. The standard InChI is InChI=1S/C19H19N3OS/c1-13(24)14-5-6-17-15(11-14)16(12-20-17)18-3-2-4-19(21-18)22-7-9-23-10-8-22/h2-6,11-12,20,24H,1,7-10H2. The Balaban J connectivity index is 1.77. The maximum absolute atomic E-state index is 5.43. The van der Waals surface area contributed by atoms with E-state index in [4.69, 9.17) is 9.72 Å². The van der Waals surface area contributed by atoms with E-state index >= 15 is 0 Å². The summed E-state index contributed by atoms with van der Waals surface area (Å²) in [4.78, 5) is 11.2. The minimum Gasteiger partial charge on any atom is -0.378 e. The van der Waals surface area contributed by atoms with Gasteiger partial charge in [-0.25, -0.2) is 4.98 Å². The van der Waals surface area contributed by atoms with Gasteiger partial charge in [-0.05, 0) is 29.8 Å². The molecular weight excluding hydrogens is 318 g/mol. The molecule has 1 aliphatic heterocycles. The number of morpholine rings is 1. The number of H-pyrrole nitrogens is 1. The number of nitrogens with one attached hydrogen (secondary N) is 1. The van der Waals surface area contributed by atoms with Gasteiger partial charge in [-0.15, -0.1) is 12.6 Å². The van der Waals surface area contributed by atoms with Gasteiger partial charge in [0.15, 0.2) is 0 Å². The van der Waals surface area contributed by atoms with Crippen molar-refractivity contribution in [1.29, 1.82) is 0 Å². The molecule has 4 rings (SSSR count). The highest BCUT2D eigenvalue weighted by atomic mass is 32.1. The molecule has 1 fully saturated rings. The topological polar surface area (TPSA) is 41.2 Å². The smallest absolute Gasteiger partial charge is 0.129 e. The predicted octanol–water partition coefficient (Wildman–Crippen LogP) is 3.97. The summed E-state index contributed by atoms with van der Waals surface area (Å²) in [6.45, 7) is 7.19. The Morgan fingerprint density at radius 1 is 1.21 bits per heavy atom. The van der Waals surface area contributed by atoms with Crippen molar-refractivity contribution < 1.29 is 4.74 Å². The van der Waals surface area contributed by atoms with Crippen LogP contribution in [0.2, 0.25) is 0 Å². The molecule has 24 heavy (non-hydrogen) atoms. The first-order valence-corrected chi connectivity index (χ1v) is 8.46. The lowest BCUT2D eigenvalue weighted by molar-refractivity contribution is 0.122. The molecule has 1 aliphatic rings. The van der Waals surface area contributed by atoms with Gasteiger partial charge in [0, 0.05) is 40.7 Å². The van der Waals surface area contributed by atoms with E-state index in [1.807, 2.05) is 12.3 Å². The predicted molar refractivity (Wildman–Crippen MR) is 103 cm³/mol. The molecule has 4 nitrogen and oxygen atoms in total. The molecular formula is C19H19N3OS. The molecule has 0 amide bonds. The molecule has 5 heteroatoms. The lowest BCUT2D eigenvalue weighted by Crippen LogP contribution is -2.36. The van der Waals surface area contributed by atoms with E-state index in [1.165, 1.54) is 0 Å². The second kappa shape index (κ2) is 6.34. The van der Waals surface area contributed by atoms with Crippen LogP contribution in [0.1, 0.15) is 5.56 Å². The molecule has 0 atom stereocenters. The van der Waals surface area contributed by atoms with Gasteiger partial charge in [-0.3, -0.25) is 0 Å². The van der Waals surface area contributed by atoms with Gasteiger partial charge in [-0.1, -0.05) is 18.7 Å². The minimum absolute atomic E-state index is 0.756. The molecule has 0 spiro atoms. The van der Waals surface area contributed by atoms with Gasteiger partial charge in [0.05, 0.1) is 18.9 Å². The van der Waals surface area contributed by atoms with Crippen molar-refractivity contribution in [3.05, 3.63) is 54.7 Å². The van der Waals surface area contributed by atoms with E-state index in [2.05, 4.69) is 59.4 Å². The number of benzene rings is 1. The van der Waals surface area contributed by atoms with E-state index in [0.29, 0.717) is 0 Å². The number of rotatable bonds is 3. The molecule has 0 bridgehead atoms. The van der Waals surface area contributed by atoms with Gasteiger partial charge in [0.25, 0.3) is 0 Å². The van der Waals surface area contributed by atoms with Crippen LogP contribution in [-0.4, -0.2) is 36.3 Å². The third-order valence-electron chi connectivity index (χ3n) is 4.36. The van der Waals surface area contributed by atoms with Crippen molar-refractivity contribution in [3.63, 3.8) is 0 Å². The number of fused-ring (bicyclic) bond motifs is 1. The Morgan fingerprint density at radius 2 is 2.04 bits per heavy atom. The summed E-state index contributed by atoms with van der Waals surface area (Å²) in [7, 11) is 0. The number of aromatic nitrogens is 2. The third kappa shape index (κ3) is 2.81. The maximum Gasteiger partial charge on any atom is 0.129 e. The first-order valence-electron chi connectivity index (χ1n) is 8.02. The SMILES string of the molecule is C=C(S)c1ccc2[nH]cc(-c3cccc(N4CCOCC4)n3)c2c1. The molecule has 1 saturated heterocycles. The van der Waals surface area contributed by atoms with E-state index in [-0.39, 0.29) is 0 Å². The fraction of sp³-hybridized carbons (Fsp3) is 0.211. The zero-order valence-electron chi connectivity index (χ0n) is 13.3. The Bertz CT molecular complexity index is 897. The first kappa shape index (κ1) is 15.3. The summed E-state index contributed by atoms with van der Waals surface area (Å²) in [5.74, 6) is 1.000. The Kier molecular flexibility index (Phi) is 4.04. The lowest BCUT2D eigenvalue weighted by Gasteiger charge is -2.28. The second-order valence-corrected chi connectivity index (χ2v) is 6.43. The quantitative estimate of drug-likeness (QED) is 0.711. The van der Waals surface area contributed by atoms with Crippen LogP contribution in [0.5, 0.6) is 0 Å². The molecule has 2 aromatic heterocycles. The van der Waals surface area contributed by atoms with Crippen LogP contribution < -0.4 is 4.90 Å². The minimum atomic E-state index is 0.756. The molecule has 0 aliphatic carbocycles. The summed E-state index contributed by atoms with van der Waals surface area (Å²) in [6.07, 6.45) is 2.02. The van der Waals surface area contributed by atoms with Gasteiger partial charge in [-0.2, -0.15) is 0 Å². The van der Waals surface area contributed by atoms with Crippen LogP contribution in [0.4, 0.5) is 5.82 Å². The van der Waals surface area contributed by atoms with Gasteiger partial charge < -0.3 is 14.6 Å². The number of pyridine rings is 1. The van der Waals surface area contributed by atoms with Crippen LogP contribution in [0, 0.1) is 0 Å². The highest BCUT2D eigenvalue weighted by Gasteiger charge is 2.14. The van der Waals surface area contributed by atoms with Gasteiger partial charge >= 0.3 is 0 Å². The molecule has 3 aromatic rings. The highest BCUT2D eigenvalue weighted by molar-refractivity contribution is 7.90. The first-order chi connectivity index (χ1) is 11.7. The fourth-order valence-electron chi connectivity index (χ4n) is 3.05. The van der Waals surface area contributed by atoms with Crippen LogP contribution in [0.3, 0.4) is 0 Å². The Morgan fingerprint density at radius 3 is 2.83 bits per heavy atom. The van der Waals surface area contributed by atoms with Crippen LogP contribution in [0.15, 0.2) is 49.2 Å². The number of hydrogen-bond donors (Lipinski definition) is 2. The summed E-state index contributed by atoms with van der Waals surface area (Å²) in [5, 5.41) is 1.13. The zero-order valence-corrected chi connectivity index (χ0v) is 14.2. The van der Waals surface area contributed by atoms with Crippen molar-refractivity contribution in [2.45, 2.75) is 0 Å². The zero-order chi connectivity index (χ0) is 16.5.